The van der Waals surface area contributed by atoms with Gasteiger partial charge >= 0.3 is 0 Å². The minimum atomic E-state index is 0.625. The monoisotopic (exact) mass is 198 g/mol. The van der Waals surface area contributed by atoms with Gasteiger partial charge in [0.2, 0.25) is 0 Å². The molecular formula is C11H10N4. The summed E-state index contributed by atoms with van der Waals surface area (Å²) in [6.07, 6.45) is 3.43. The number of rotatable bonds is 1. The molecule has 0 aliphatic rings. The van der Waals surface area contributed by atoms with E-state index >= 15 is 0 Å². The van der Waals surface area contributed by atoms with E-state index in [0.29, 0.717) is 5.69 Å². The number of pyridine rings is 1. The van der Waals surface area contributed by atoms with Gasteiger partial charge in [-0.1, -0.05) is 6.07 Å². The van der Waals surface area contributed by atoms with Crippen molar-refractivity contribution in [3.63, 3.8) is 0 Å². The highest BCUT2D eigenvalue weighted by atomic mass is 15.1. The maximum atomic E-state index is 9.05. The Hall–Kier alpha value is -2.28. The van der Waals surface area contributed by atoms with Crippen LogP contribution in [0, 0.1) is 18.3 Å². The fourth-order valence-corrected chi connectivity index (χ4v) is 1.73. The Labute approximate surface area is 87.2 Å². The van der Waals surface area contributed by atoms with Crippen molar-refractivity contribution in [1.82, 2.24) is 4.40 Å². The van der Waals surface area contributed by atoms with E-state index in [0.717, 1.165) is 16.6 Å². The summed E-state index contributed by atoms with van der Waals surface area (Å²) in [6.45, 7) is 1.89. The van der Waals surface area contributed by atoms with Crippen molar-refractivity contribution < 1.29 is 0 Å². The topological polar surface area (TPSA) is 66.6 Å². The number of fused-ring (bicyclic) bond motifs is 1. The van der Waals surface area contributed by atoms with Gasteiger partial charge < -0.3 is 10.2 Å². The molecule has 2 N–H and O–H groups in total. The van der Waals surface area contributed by atoms with Gasteiger partial charge in [0, 0.05) is 11.8 Å². The number of hydrogen-bond donors (Lipinski definition) is 1. The molecule has 74 valence electrons. The summed E-state index contributed by atoms with van der Waals surface area (Å²) >= 11 is 0. The van der Waals surface area contributed by atoms with Crippen LogP contribution in [-0.2, 0) is 0 Å². The van der Waals surface area contributed by atoms with Crippen LogP contribution in [0.25, 0.3) is 5.52 Å². The van der Waals surface area contributed by atoms with Crippen molar-refractivity contribution in [1.29, 1.82) is 5.26 Å². The van der Waals surface area contributed by atoms with E-state index in [2.05, 4.69) is 11.2 Å². The normalized spacial score (nSPS) is 10.9. The van der Waals surface area contributed by atoms with Crippen molar-refractivity contribution >= 4 is 11.7 Å². The van der Waals surface area contributed by atoms with Gasteiger partial charge in [-0.05, 0) is 24.6 Å². The molecule has 0 aromatic carbocycles. The van der Waals surface area contributed by atoms with E-state index in [1.54, 1.807) is 6.21 Å². The van der Waals surface area contributed by atoms with Crippen LogP contribution in [0.2, 0.25) is 0 Å². The molecule has 0 atom stereocenters. The summed E-state index contributed by atoms with van der Waals surface area (Å²) in [4.78, 5) is 0. The summed E-state index contributed by atoms with van der Waals surface area (Å²) in [6, 6.07) is 7.92. The van der Waals surface area contributed by atoms with Gasteiger partial charge in [0.1, 0.15) is 11.8 Å². The van der Waals surface area contributed by atoms with E-state index in [4.69, 9.17) is 11.1 Å². The largest absolute Gasteiger partial charge is 0.323 e. The molecule has 0 amide bonds. The van der Waals surface area contributed by atoms with Gasteiger partial charge in [-0.15, -0.1) is 0 Å². The number of nitrogens with two attached hydrogens (primary N) is 1. The summed E-state index contributed by atoms with van der Waals surface area (Å²) in [5.74, 6) is 5.15. The highest BCUT2D eigenvalue weighted by Gasteiger charge is 2.12. The number of nitrogens with zero attached hydrogens (tertiary/aromatic N) is 3. The molecular weight excluding hydrogens is 188 g/mol. The first-order valence-corrected chi connectivity index (χ1v) is 4.52. The molecule has 2 heterocycles. The third kappa shape index (κ3) is 1.25. The number of aromatic nitrogens is 1. The van der Waals surface area contributed by atoms with Crippen LogP contribution in [0.3, 0.4) is 0 Å². The van der Waals surface area contributed by atoms with Crippen LogP contribution >= 0.6 is 0 Å². The minimum Gasteiger partial charge on any atom is -0.323 e. The fourth-order valence-electron chi connectivity index (χ4n) is 1.73. The molecule has 0 aliphatic heterocycles. The van der Waals surface area contributed by atoms with E-state index in [9.17, 15) is 0 Å². The summed E-state index contributed by atoms with van der Waals surface area (Å²) in [5, 5.41) is 12.6. The first kappa shape index (κ1) is 9.28. The van der Waals surface area contributed by atoms with Crippen molar-refractivity contribution in [2.45, 2.75) is 6.92 Å². The van der Waals surface area contributed by atoms with Crippen LogP contribution in [0.15, 0.2) is 29.5 Å². The highest BCUT2D eigenvalue weighted by molar-refractivity contribution is 5.92. The molecule has 0 radical (unpaired) electrons. The van der Waals surface area contributed by atoms with Crippen molar-refractivity contribution in [3.05, 3.63) is 41.2 Å². The second-order valence-electron chi connectivity index (χ2n) is 3.23. The second kappa shape index (κ2) is 3.46. The molecule has 0 aliphatic carbocycles. The van der Waals surface area contributed by atoms with Gasteiger partial charge in [0.05, 0.1) is 11.7 Å². The van der Waals surface area contributed by atoms with Gasteiger partial charge in [0.25, 0.3) is 0 Å². The lowest BCUT2D eigenvalue weighted by Crippen LogP contribution is -1.87. The Morgan fingerprint density at radius 3 is 3.00 bits per heavy atom. The zero-order valence-corrected chi connectivity index (χ0v) is 8.31. The van der Waals surface area contributed by atoms with Crippen LogP contribution in [0.4, 0.5) is 0 Å². The number of hydrazone groups is 1. The lowest BCUT2D eigenvalue weighted by atomic mass is 10.1. The first-order valence-electron chi connectivity index (χ1n) is 4.52. The average Bonchev–Trinajstić information content (AvgIpc) is 2.53. The van der Waals surface area contributed by atoms with E-state index in [1.807, 2.05) is 35.7 Å². The van der Waals surface area contributed by atoms with E-state index < -0.39 is 0 Å². The van der Waals surface area contributed by atoms with Gasteiger partial charge in [-0.2, -0.15) is 10.4 Å². The third-order valence-electron chi connectivity index (χ3n) is 2.45. The molecule has 2 aromatic rings. The molecule has 0 saturated carbocycles. The molecule has 0 fully saturated rings. The Kier molecular flexibility index (Phi) is 2.14. The standard InChI is InChI=1S/C11H10N4/c1-8-9(7-14-13)10-4-2-3-5-15(10)11(8)6-12/h2-5,7H,13H2,1H3/b14-7-. The highest BCUT2D eigenvalue weighted by Crippen LogP contribution is 2.20. The average molecular weight is 198 g/mol. The third-order valence-corrected chi connectivity index (χ3v) is 2.45. The van der Waals surface area contributed by atoms with Crippen LogP contribution < -0.4 is 5.84 Å². The quantitative estimate of drug-likeness (QED) is 0.427. The predicted octanol–water partition coefficient (Wildman–Crippen LogP) is 1.41. The molecule has 0 saturated heterocycles. The maximum Gasteiger partial charge on any atom is 0.128 e. The second-order valence-corrected chi connectivity index (χ2v) is 3.23. The minimum absolute atomic E-state index is 0.625. The molecule has 4 heteroatoms. The predicted molar refractivity (Wildman–Crippen MR) is 58.6 cm³/mol. The molecule has 0 bridgehead atoms. The lowest BCUT2D eigenvalue weighted by Gasteiger charge is -1.94. The van der Waals surface area contributed by atoms with E-state index in [-0.39, 0.29) is 0 Å². The zero-order valence-electron chi connectivity index (χ0n) is 8.31. The molecule has 15 heavy (non-hydrogen) atoms. The number of hydrogen-bond acceptors (Lipinski definition) is 3. The SMILES string of the molecule is Cc1c(/C=N\N)c2ccccn2c1C#N. The molecule has 4 nitrogen and oxygen atoms in total. The zero-order chi connectivity index (χ0) is 10.8. The maximum absolute atomic E-state index is 9.05. The van der Waals surface area contributed by atoms with Gasteiger partial charge in [-0.25, -0.2) is 0 Å². The Morgan fingerprint density at radius 2 is 2.33 bits per heavy atom. The molecule has 0 unspecified atom stereocenters. The Bertz CT molecular complexity index is 572. The molecule has 2 rings (SSSR count). The number of nitriles is 1. The first-order chi connectivity index (χ1) is 7.29. The van der Waals surface area contributed by atoms with E-state index in [1.165, 1.54) is 0 Å². The van der Waals surface area contributed by atoms with Gasteiger partial charge in [-0.3, -0.25) is 0 Å². The summed E-state index contributed by atoms with van der Waals surface area (Å²) in [5.41, 5.74) is 3.37. The summed E-state index contributed by atoms with van der Waals surface area (Å²) < 4.78 is 1.84. The van der Waals surface area contributed by atoms with Crippen LogP contribution in [-0.4, -0.2) is 10.6 Å². The Balaban J connectivity index is 2.92. The molecule has 0 spiro atoms. The van der Waals surface area contributed by atoms with Crippen molar-refractivity contribution in [2.75, 3.05) is 0 Å². The summed E-state index contributed by atoms with van der Waals surface area (Å²) in [7, 11) is 0. The van der Waals surface area contributed by atoms with Gasteiger partial charge in [0.15, 0.2) is 0 Å². The Morgan fingerprint density at radius 1 is 1.53 bits per heavy atom. The lowest BCUT2D eigenvalue weighted by molar-refractivity contribution is 1.14. The van der Waals surface area contributed by atoms with Crippen molar-refractivity contribution in [2.24, 2.45) is 10.9 Å². The molecule has 2 aromatic heterocycles. The van der Waals surface area contributed by atoms with Crippen molar-refractivity contribution in [3.8, 4) is 6.07 Å². The van der Waals surface area contributed by atoms with Crippen LogP contribution in [0.5, 0.6) is 0 Å². The smallest absolute Gasteiger partial charge is 0.128 e. The fraction of sp³-hybridized carbons (Fsp3) is 0.0909. The van der Waals surface area contributed by atoms with Crippen LogP contribution in [0.1, 0.15) is 16.8 Å².